The van der Waals surface area contributed by atoms with Crippen LogP contribution in [0.15, 0.2) is 24.3 Å². The lowest BCUT2D eigenvalue weighted by Gasteiger charge is -2.20. The number of hydrogen-bond acceptors (Lipinski definition) is 2. The van der Waals surface area contributed by atoms with Gasteiger partial charge in [-0.25, -0.2) is 0 Å². The largest absolute Gasteiger partial charge is 0.416 e. The van der Waals surface area contributed by atoms with E-state index in [2.05, 4.69) is 0 Å². The molecule has 1 atom stereocenters. The number of ether oxygens (including phenoxy) is 1. The van der Waals surface area contributed by atoms with Gasteiger partial charge in [-0.15, -0.1) is 0 Å². The summed E-state index contributed by atoms with van der Waals surface area (Å²) in [5.41, 5.74) is 5.28. The van der Waals surface area contributed by atoms with E-state index in [0.29, 0.717) is 5.56 Å². The zero-order valence-corrected chi connectivity index (χ0v) is 9.79. The van der Waals surface area contributed by atoms with E-state index in [-0.39, 0.29) is 12.6 Å². The van der Waals surface area contributed by atoms with Crippen LogP contribution in [0.4, 0.5) is 13.2 Å². The third-order valence-electron chi connectivity index (χ3n) is 2.24. The van der Waals surface area contributed by atoms with Crippen LogP contribution in [0.2, 0.25) is 0 Å². The minimum Gasteiger partial charge on any atom is -0.370 e. The summed E-state index contributed by atoms with van der Waals surface area (Å²) in [5.74, 6) is 0. The molecule has 0 radical (unpaired) electrons. The van der Waals surface area contributed by atoms with Gasteiger partial charge in [0, 0.05) is 6.54 Å². The summed E-state index contributed by atoms with van der Waals surface area (Å²) in [6.45, 7) is 3.78. The highest BCUT2D eigenvalue weighted by atomic mass is 19.4. The van der Waals surface area contributed by atoms with Gasteiger partial charge in [0.2, 0.25) is 0 Å². The Bertz CT molecular complexity index is 363. The predicted molar refractivity (Wildman–Crippen MR) is 59.5 cm³/mol. The van der Waals surface area contributed by atoms with E-state index in [9.17, 15) is 13.2 Å². The van der Waals surface area contributed by atoms with Crippen LogP contribution in [0, 0.1) is 0 Å². The second-order valence-corrected chi connectivity index (χ2v) is 4.03. The first-order valence-corrected chi connectivity index (χ1v) is 5.37. The van der Waals surface area contributed by atoms with Gasteiger partial charge in [-0.1, -0.05) is 12.1 Å². The van der Waals surface area contributed by atoms with Crippen molar-refractivity contribution in [3.05, 3.63) is 35.4 Å². The lowest BCUT2D eigenvalue weighted by molar-refractivity contribution is -0.137. The summed E-state index contributed by atoms with van der Waals surface area (Å²) < 4.78 is 43.0. The van der Waals surface area contributed by atoms with Crippen molar-refractivity contribution in [3.8, 4) is 0 Å². The SMILES string of the molecule is CC(C)O[C@@H](CN)c1cccc(C(F)(F)F)c1. The van der Waals surface area contributed by atoms with Crippen molar-refractivity contribution in [2.24, 2.45) is 5.73 Å². The quantitative estimate of drug-likeness (QED) is 0.887. The number of rotatable bonds is 4. The molecular formula is C12H16F3NO. The van der Waals surface area contributed by atoms with Crippen molar-refractivity contribution in [3.63, 3.8) is 0 Å². The Morgan fingerprint density at radius 3 is 2.41 bits per heavy atom. The van der Waals surface area contributed by atoms with Crippen molar-refractivity contribution in [1.82, 2.24) is 0 Å². The Morgan fingerprint density at radius 2 is 1.94 bits per heavy atom. The lowest BCUT2D eigenvalue weighted by atomic mass is 10.1. The molecule has 0 saturated heterocycles. The van der Waals surface area contributed by atoms with Crippen LogP contribution in [0.25, 0.3) is 0 Å². The smallest absolute Gasteiger partial charge is 0.370 e. The Morgan fingerprint density at radius 1 is 1.29 bits per heavy atom. The molecule has 1 rings (SSSR count). The number of nitrogens with two attached hydrogens (primary N) is 1. The van der Waals surface area contributed by atoms with Gasteiger partial charge in [0.1, 0.15) is 0 Å². The van der Waals surface area contributed by atoms with E-state index < -0.39 is 17.8 Å². The van der Waals surface area contributed by atoms with Gasteiger partial charge in [0.15, 0.2) is 0 Å². The third kappa shape index (κ3) is 4.02. The summed E-state index contributed by atoms with van der Waals surface area (Å²) in [7, 11) is 0. The standard InChI is InChI=1S/C12H16F3NO/c1-8(2)17-11(7-16)9-4-3-5-10(6-9)12(13,14)15/h3-6,8,11H,7,16H2,1-2H3/t11-/m0/s1. The monoisotopic (exact) mass is 247 g/mol. The fraction of sp³-hybridized carbons (Fsp3) is 0.500. The third-order valence-corrected chi connectivity index (χ3v) is 2.24. The van der Waals surface area contributed by atoms with Crippen molar-refractivity contribution >= 4 is 0 Å². The van der Waals surface area contributed by atoms with Gasteiger partial charge in [0.05, 0.1) is 17.8 Å². The molecular weight excluding hydrogens is 231 g/mol. The van der Waals surface area contributed by atoms with Crippen LogP contribution in [0.1, 0.15) is 31.1 Å². The average molecular weight is 247 g/mol. The topological polar surface area (TPSA) is 35.2 Å². The van der Waals surface area contributed by atoms with Gasteiger partial charge in [-0.3, -0.25) is 0 Å². The number of benzene rings is 1. The first kappa shape index (κ1) is 14.0. The Kier molecular flexibility index (Phi) is 4.54. The van der Waals surface area contributed by atoms with E-state index in [1.54, 1.807) is 6.07 Å². The molecule has 0 aliphatic heterocycles. The zero-order valence-electron chi connectivity index (χ0n) is 9.79. The maximum atomic E-state index is 12.5. The van der Waals surface area contributed by atoms with Crippen molar-refractivity contribution in [2.75, 3.05) is 6.54 Å². The second-order valence-electron chi connectivity index (χ2n) is 4.03. The van der Waals surface area contributed by atoms with E-state index in [1.165, 1.54) is 6.07 Å². The van der Waals surface area contributed by atoms with Crippen LogP contribution in [0.3, 0.4) is 0 Å². The van der Waals surface area contributed by atoms with E-state index in [0.717, 1.165) is 12.1 Å². The van der Waals surface area contributed by atoms with Crippen LogP contribution < -0.4 is 5.73 Å². The number of halogens is 3. The van der Waals surface area contributed by atoms with Crippen molar-refractivity contribution in [2.45, 2.75) is 32.2 Å². The molecule has 17 heavy (non-hydrogen) atoms. The number of alkyl halides is 3. The fourth-order valence-corrected chi connectivity index (χ4v) is 1.51. The Balaban J connectivity index is 2.97. The van der Waals surface area contributed by atoms with Gasteiger partial charge < -0.3 is 10.5 Å². The van der Waals surface area contributed by atoms with E-state index >= 15 is 0 Å². The molecule has 0 aromatic heterocycles. The van der Waals surface area contributed by atoms with Crippen LogP contribution in [0.5, 0.6) is 0 Å². The molecule has 0 saturated carbocycles. The molecule has 96 valence electrons. The van der Waals surface area contributed by atoms with Gasteiger partial charge >= 0.3 is 6.18 Å². The van der Waals surface area contributed by atoms with Gasteiger partial charge in [-0.2, -0.15) is 13.2 Å². The Hall–Kier alpha value is -1.07. The molecule has 0 amide bonds. The lowest BCUT2D eigenvalue weighted by Crippen LogP contribution is -2.20. The molecule has 1 aromatic carbocycles. The van der Waals surface area contributed by atoms with Gasteiger partial charge in [0.25, 0.3) is 0 Å². The number of hydrogen-bond donors (Lipinski definition) is 1. The highest BCUT2D eigenvalue weighted by Crippen LogP contribution is 2.31. The molecule has 0 bridgehead atoms. The van der Waals surface area contributed by atoms with Crippen LogP contribution in [-0.2, 0) is 10.9 Å². The molecule has 0 aliphatic carbocycles. The molecule has 0 spiro atoms. The molecule has 5 heteroatoms. The normalized spacial score (nSPS) is 14.1. The summed E-state index contributed by atoms with van der Waals surface area (Å²) in [5, 5.41) is 0. The first-order valence-electron chi connectivity index (χ1n) is 5.37. The highest BCUT2D eigenvalue weighted by Gasteiger charge is 2.31. The molecule has 0 aliphatic rings. The fourth-order valence-electron chi connectivity index (χ4n) is 1.51. The Labute approximate surface area is 98.6 Å². The van der Waals surface area contributed by atoms with Crippen LogP contribution in [-0.4, -0.2) is 12.6 Å². The van der Waals surface area contributed by atoms with Crippen molar-refractivity contribution in [1.29, 1.82) is 0 Å². The first-order chi connectivity index (χ1) is 7.84. The molecule has 0 unspecified atom stereocenters. The van der Waals surface area contributed by atoms with E-state index in [1.807, 2.05) is 13.8 Å². The second kappa shape index (κ2) is 5.51. The molecule has 2 N–H and O–H groups in total. The molecule has 2 nitrogen and oxygen atoms in total. The maximum Gasteiger partial charge on any atom is 0.416 e. The van der Waals surface area contributed by atoms with E-state index in [4.69, 9.17) is 10.5 Å². The average Bonchev–Trinajstić information content (AvgIpc) is 2.24. The summed E-state index contributed by atoms with van der Waals surface area (Å²) in [6, 6.07) is 5.08. The predicted octanol–water partition coefficient (Wildman–Crippen LogP) is 3.13. The summed E-state index contributed by atoms with van der Waals surface area (Å²) in [6.07, 6.45) is -4.93. The summed E-state index contributed by atoms with van der Waals surface area (Å²) in [4.78, 5) is 0. The zero-order chi connectivity index (χ0) is 13.1. The maximum absolute atomic E-state index is 12.5. The highest BCUT2D eigenvalue weighted by molar-refractivity contribution is 5.27. The minimum atomic E-state index is -4.34. The van der Waals surface area contributed by atoms with Crippen LogP contribution >= 0.6 is 0 Å². The molecule has 0 heterocycles. The van der Waals surface area contributed by atoms with Crippen molar-refractivity contribution < 1.29 is 17.9 Å². The molecule has 0 fully saturated rings. The minimum absolute atomic E-state index is 0.0851. The van der Waals surface area contributed by atoms with Gasteiger partial charge in [-0.05, 0) is 31.5 Å². The summed E-state index contributed by atoms with van der Waals surface area (Å²) >= 11 is 0. The molecule has 1 aromatic rings.